The van der Waals surface area contributed by atoms with E-state index >= 15 is 0 Å². The van der Waals surface area contributed by atoms with E-state index in [1.165, 1.54) is 0 Å². The zero-order chi connectivity index (χ0) is 18.0. The lowest BCUT2D eigenvalue weighted by molar-refractivity contribution is -0.158. The number of aliphatic hydroxyl groups is 2. The number of esters is 2. The maximum atomic E-state index is 10.7. The fraction of sp³-hybridized carbons (Fsp3) is 0.600. The Morgan fingerprint density at radius 2 is 1.12 bits per heavy atom. The quantitative estimate of drug-likeness (QED) is 0.242. The van der Waals surface area contributed by atoms with Gasteiger partial charge in [0.05, 0.1) is 14.2 Å². The first-order chi connectivity index (χ1) is 10.0. The van der Waals surface area contributed by atoms with E-state index in [-0.39, 0.29) is 24.8 Å². The highest BCUT2D eigenvalue weighted by atomic mass is 35.5. The fourth-order valence-electron chi connectivity index (χ4n) is 0.821. The van der Waals surface area contributed by atoms with Gasteiger partial charge in [-0.3, -0.25) is 9.59 Å². The predicted octanol–water partition coefficient (Wildman–Crippen LogP) is -3.29. The number of rotatable bonds is 6. The molecule has 144 valence electrons. The van der Waals surface area contributed by atoms with Crippen molar-refractivity contribution in [2.75, 3.05) is 14.2 Å². The van der Waals surface area contributed by atoms with Gasteiger partial charge in [0.1, 0.15) is 12.1 Å². The first-order valence-corrected chi connectivity index (χ1v) is 5.49. The van der Waals surface area contributed by atoms with Crippen LogP contribution in [0.1, 0.15) is 0 Å². The second-order valence-corrected chi connectivity index (χ2v) is 3.66. The van der Waals surface area contributed by atoms with E-state index in [2.05, 4.69) is 9.47 Å². The molecule has 8 N–H and O–H groups in total. The van der Waals surface area contributed by atoms with E-state index in [9.17, 15) is 19.2 Å². The number of aliphatic hydroxyl groups excluding tert-OH is 2. The molecule has 0 fully saturated rings. The van der Waals surface area contributed by atoms with Gasteiger partial charge in [0, 0.05) is 0 Å². The molecule has 0 aliphatic heterocycles. The number of carboxylic acids is 2. The Morgan fingerprint density at radius 1 is 0.750 bits per heavy atom. The number of hydrogen-bond donors (Lipinski definition) is 6. The van der Waals surface area contributed by atoms with Crippen LogP contribution < -0.4 is 11.5 Å². The largest absolute Gasteiger partial charge is 0.480 e. The fourth-order valence-corrected chi connectivity index (χ4v) is 0.821. The highest BCUT2D eigenvalue weighted by Crippen LogP contribution is 1.95. The molecular weight excluding hydrogens is 379 g/mol. The molecule has 0 aliphatic rings. The van der Waals surface area contributed by atoms with Crippen LogP contribution >= 0.6 is 24.8 Å². The molecule has 0 radical (unpaired) electrons. The SMILES string of the molecule is COC(=O)[C@@H](N)[C@H](O)C(=O)OC.Cl.Cl.N[C@H](C(=O)O)C(O)C(=O)O. The molecule has 0 aliphatic carbocycles. The van der Waals surface area contributed by atoms with Crippen LogP contribution in [0.15, 0.2) is 0 Å². The van der Waals surface area contributed by atoms with Crippen molar-refractivity contribution < 1.29 is 49.1 Å². The highest BCUT2D eigenvalue weighted by molar-refractivity contribution is 5.86. The minimum Gasteiger partial charge on any atom is -0.480 e. The summed E-state index contributed by atoms with van der Waals surface area (Å²) in [4.78, 5) is 41.0. The van der Waals surface area contributed by atoms with E-state index in [0.717, 1.165) is 14.2 Å². The molecule has 0 aromatic heterocycles. The van der Waals surface area contributed by atoms with Crippen molar-refractivity contribution in [1.29, 1.82) is 0 Å². The molecule has 0 amide bonds. The van der Waals surface area contributed by atoms with Gasteiger partial charge in [-0.25, -0.2) is 9.59 Å². The van der Waals surface area contributed by atoms with Gasteiger partial charge >= 0.3 is 23.9 Å². The van der Waals surface area contributed by atoms with Gasteiger partial charge in [0.15, 0.2) is 12.2 Å². The highest BCUT2D eigenvalue weighted by Gasteiger charge is 2.30. The predicted molar refractivity (Wildman–Crippen MR) is 81.8 cm³/mol. The summed E-state index contributed by atoms with van der Waals surface area (Å²) in [5, 5.41) is 33.5. The topological polar surface area (TPSA) is 220 Å². The van der Waals surface area contributed by atoms with Crippen molar-refractivity contribution in [2.45, 2.75) is 24.3 Å². The normalized spacial score (nSPS) is 13.9. The molecule has 14 heteroatoms. The minimum atomic E-state index is -2.04. The van der Waals surface area contributed by atoms with Gasteiger partial charge in [0.25, 0.3) is 0 Å². The number of nitrogens with two attached hydrogens (primary N) is 2. The summed E-state index contributed by atoms with van der Waals surface area (Å²) in [7, 11) is 2.18. The van der Waals surface area contributed by atoms with Gasteiger partial charge in [0.2, 0.25) is 0 Å². The van der Waals surface area contributed by atoms with Crippen molar-refractivity contribution >= 4 is 48.7 Å². The average Bonchev–Trinajstić information content (AvgIpc) is 2.50. The van der Waals surface area contributed by atoms with Gasteiger partial charge in [-0.1, -0.05) is 0 Å². The van der Waals surface area contributed by atoms with Gasteiger partial charge in [-0.05, 0) is 0 Å². The van der Waals surface area contributed by atoms with E-state index < -0.39 is 48.2 Å². The number of carbonyl (C=O) groups excluding carboxylic acids is 2. The van der Waals surface area contributed by atoms with Gasteiger partial charge in [-0.2, -0.15) is 0 Å². The number of aliphatic carboxylic acids is 2. The van der Waals surface area contributed by atoms with Crippen molar-refractivity contribution in [3.05, 3.63) is 0 Å². The summed E-state index contributed by atoms with van der Waals surface area (Å²) in [6.07, 6.45) is -3.72. The lowest BCUT2D eigenvalue weighted by Gasteiger charge is -2.13. The molecule has 0 spiro atoms. The summed E-state index contributed by atoms with van der Waals surface area (Å²) in [6, 6.07) is -3.17. The Kier molecular flexibility index (Phi) is 18.7. The van der Waals surface area contributed by atoms with E-state index in [0.29, 0.717) is 0 Å². The van der Waals surface area contributed by atoms with Crippen LogP contribution in [0.2, 0.25) is 0 Å². The molecule has 0 saturated carbocycles. The molecule has 0 aromatic rings. The Bertz CT molecular complexity index is 384. The second-order valence-electron chi connectivity index (χ2n) is 3.66. The third kappa shape index (κ3) is 10.9. The van der Waals surface area contributed by atoms with Crippen molar-refractivity contribution in [2.24, 2.45) is 11.5 Å². The molecule has 0 rings (SSSR count). The summed E-state index contributed by atoms with van der Waals surface area (Å²) < 4.78 is 8.35. The maximum Gasteiger partial charge on any atom is 0.336 e. The number of ether oxygens (including phenoxy) is 2. The van der Waals surface area contributed by atoms with E-state index in [1.807, 2.05) is 0 Å². The minimum absolute atomic E-state index is 0. The van der Waals surface area contributed by atoms with Crippen molar-refractivity contribution in [3.8, 4) is 0 Å². The zero-order valence-electron chi connectivity index (χ0n) is 12.5. The summed E-state index contributed by atoms with van der Waals surface area (Å²) in [5.74, 6) is -5.02. The molecule has 0 aromatic carbocycles. The first kappa shape index (κ1) is 30.2. The number of carboxylic acid groups (broad SMARTS) is 2. The number of hydrogen-bond acceptors (Lipinski definition) is 10. The van der Waals surface area contributed by atoms with Crippen LogP contribution in [-0.4, -0.2) is 82.8 Å². The number of carbonyl (C=O) groups is 4. The molecular formula is C10H20Cl2N2O10. The average molecular weight is 399 g/mol. The third-order valence-corrected chi connectivity index (χ3v) is 2.13. The smallest absolute Gasteiger partial charge is 0.336 e. The molecule has 0 saturated heterocycles. The van der Waals surface area contributed by atoms with Gasteiger partial charge in [-0.15, -0.1) is 24.8 Å². The second kappa shape index (κ2) is 14.9. The Labute approximate surface area is 148 Å². The van der Waals surface area contributed by atoms with Crippen LogP contribution in [0.3, 0.4) is 0 Å². The van der Waals surface area contributed by atoms with Crippen LogP contribution in [0.5, 0.6) is 0 Å². The lowest BCUT2D eigenvalue weighted by Crippen LogP contribution is -2.47. The number of methoxy groups -OCH3 is 2. The molecule has 1 unspecified atom stereocenters. The molecule has 12 nitrogen and oxygen atoms in total. The molecule has 4 atom stereocenters. The van der Waals surface area contributed by atoms with Crippen molar-refractivity contribution in [3.63, 3.8) is 0 Å². The van der Waals surface area contributed by atoms with Crippen LogP contribution in [0.4, 0.5) is 0 Å². The molecule has 0 bridgehead atoms. The van der Waals surface area contributed by atoms with E-state index in [4.69, 9.17) is 31.9 Å². The van der Waals surface area contributed by atoms with Gasteiger partial charge < -0.3 is 41.4 Å². The summed E-state index contributed by atoms with van der Waals surface area (Å²) in [6.45, 7) is 0. The van der Waals surface area contributed by atoms with Crippen LogP contribution in [0, 0.1) is 0 Å². The Morgan fingerprint density at radius 3 is 1.33 bits per heavy atom. The molecule has 0 heterocycles. The zero-order valence-corrected chi connectivity index (χ0v) is 14.2. The van der Waals surface area contributed by atoms with Crippen LogP contribution in [-0.2, 0) is 28.7 Å². The first-order valence-electron chi connectivity index (χ1n) is 5.49. The monoisotopic (exact) mass is 398 g/mol. The maximum absolute atomic E-state index is 10.7. The van der Waals surface area contributed by atoms with E-state index in [1.54, 1.807) is 0 Å². The molecule has 24 heavy (non-hydrogen) atoms. The summed E-state index contributed by atoms with van der Waals surface area (Å²) in [5.41, 5.74) is 9.85. The van der Waals surface area contributed by atoms with Crippen molar-refractivity contribution in [1.82, 2.24) is 0 Å². The summed E-state index contributed by atoms with van der Waals surface area (Å²) >= 11 is 0. The van der Waals surface area contributed by atoms with Crippen LogP contribution in [0.25, 0.3) is 0 Å². The standard InChI is InChI=1S/C6H11NO5.C4H7NO5.2ClH/c1-11-5(9)3(7)4(8)6(10)12-2;5-1(3(7)8)2(6)4(9)10;;/h3-4,8H,7H2,1-2H3;1-2,6H,5H2,(H,7,8)(H,9,10);2*1H/t3-,4-;1-,2?;;/m00../s1. The Balaban J connectivity index is -0.000000156. The number of halogens is 2. The Hall–Kier alpha value is -1.70. The third-order valence-electron chi connectivity index (χ3n) is 2.13. The lowest BCUT2D eigenvalue weighted by atomic mass is 10.2.